The lowest BCUT2D eigenvalue weighted by Crippen LogP contribution is -2.43. The van der Waals surface area contributed by atoms with E-state index in [4.69, 9.17) is 35.7 Å². The van der Waals surface area contributed by atoms with Crippen molar-refractivity contribution in [2.75, 3.05) is 0 Å². The molecule has 2 unspecified atom stereocenters. The predicted octanol–water partition coefficient (Wildman–Crippen LogP) is 8.61. The molecule has 0 spiro atoms. The molecule has 20 N–H and O–H groups in total. The number of benzene rings is 6. The first-order valence-corrected chi connectivity index (χ1v) is 40.7. The molecule has 698 valence electrons. The van der Waals surface area contributed by atoms with Crippen LogP contribution in [0.1, 0.15) is 159 Å². The van der Waals surface area contributed by atoms with Gasteiger partial charge in [-0.25, -0.2) is 24.0 Å². The van der Waals surface area contributed by atoms with Crippen LogP contribution in [0.15, 0.2) is 216 Å². The number of aryl methyl sites for hydroxylation is 3. The van der Waals surface area contributed by atoms with Gasteiger partial charge in [0.15, 0.2) is 28.2 Å². The van der Waals surface area contributed by atoms with Gasteiger partial charge in [0.25, 0.3) is 0 Å². The number of fused-ring (bicyclic) bond motifs is 7. The summed E-state index contributed by atoms with van der Waals surface area (Å²) in [6, 6.07) is 23.7. The summed E-state index contributed by atoms with van der Waals surface area (Å²) in [5, 5.41) is 201. The van der Waals surface area contributed by atoms with E-state index in [2.05, 4.69) is 0 Å². The fraction of sp³-hybridized carbons (Fsp3) is 0.219. The number of hydrogen-bond donors (Lipinski definition) is 20. The third-order valence-corrected chi connectivity index (χ3v) is 22.4. The minimum Gasteiger partial charge on any atom is -0.511 e. The molecule has 135 heavy (non-hydrogen) atoms. The smallest absolute Gasteiger partial charge is 0.339 e. The second-order valence-corrected chi connectivity index (χ2v) is 33.1. The van der Waals surface area contributed by atoms with Crippen LogP contribution < -0.4 is 43.7 Å². The largest absolute Gasteiger partial charge is 0.511 e. The van der Waals surface area contributed by atoms with Gasteiger partial charge in [-0.05, 0) is 97.0 Å². The molecule has 0 bridgehead atoms. The third-order valence-electron chi connectivity index (χ3n) is 22.4. The maximum absolute atomic E-state index is 13.2. The lowest BCUT2D eigenvalue weighted by molar-refractivity contribution is -0.123. The first kappa shape index (κ1) is 94.4. The Morgan fingerprint density at radius 1 is 0.407 bits per heavy atom. The zero-order chi connectivity index (χ0) is 98.1. The summed E-state index contributed by atoms with van der Waals surface area (Å²) >= 11 is 0. The first-order chi connectivity index (χ1) is 63.4. The Bertz CT molecular complexity index is 7460. The number of aromatic hydroxyl groups is 13. The molecule has 0 amide bonds. The molecule has 13 aromatic rings. The van der Waals surface area contributed by atoms with Crippen molar-refractivity contribution in [3.8, 4) is 91.8 Å². The average Bonchev–Trinajstić information content (AvgIpc) is 0.630. The maximum Gasteiger partial charge on any atom is 0.339 e. The topological polar surface area (TPSA) is 694 Å². The number of ketones is 4. The number of phenols is 8. The summed E-state index contributed by atoms with van der Waals surface area (Å²) in [4.78, 5) is 135. The van der Waals surface area contributed by atoms with Crippen molar-refractivity contribution in [1.29, 1.82) is 0 Å². The zero-order valence-electron chi connectivity index (χ0n) is 71.2. The first-order valence-electron chi connectivity index (χ1n) is 40.7. The number of ether oxygens (including phenoxy) is 1. The molecule has 0 saturated carbocycles. The highest BCUT2D eigenvalue weighted by molar-refractivity contribution is 6.32. The van der Waals surface area contributed by atoms with Gasteiger partial charge in [0.05, 0.1) is 99.0 Å². The summed E-state index contributed by atoms with van der Waals surface area (Å²) in [7, 11) is 0. The lowest BCUT2D eigenvalue weighted by Gasteiger charge is -2.35. The van der Waals surface area contributed by atoms with Crippen molar-refractivity contribution in [3.05, 3.63) is 330 Å². The van der Waals surface area contributed by atoms with Crippen LogP contribution in [-0.4, -0.2) is 143 Å². The van der Waals surface area contributed by atoms with Gasteiger partial charge >= 0.3 is 28.1 Å². The lowest BCUT2D eigenvalue weighted by atomic mass is 9.77. The van der Waals surface area contributed by atoms with Crippen LogP contribution in [0.25, 0.3) is 33.3 Å². The Morgan fingerprint density at radius 2 is 0.822 bits per heavy atom. The summed E-state index contributed by atoms with van der Waals surface area (Å²) in [6.07, 6.45) is -0.911. The Balaban J connectivity index is 0.000000135. The molecule has 0 radical (unpaired) electrons. The van der Waals surface area contributed by atoms with E-state index < -0.39 is 126 Å². The van der Waals surface area contributed by atoms with Gasteiger partial charge in [0, 0.05) is 142 Å². The molecule has 18 rings (SSSR count). The molecule has 5 aliphatic rings. The molecule has 39 nitrogen and oxygen atoms in total. The fourth-order valence-electron chi connectivity index (χ4n) is 17.4. The normalized spacial score (nSPS) is 18.9. The monoisotopic (exact) mass is 1860 g/mol. The maximum atomic E-state index is 13.2. The third kappa shape index (κ3) is 19.7. The number of phenolic OH excluding ortho intramolecular Hbond substituents is 8. The van der Waals surface area contributed by atoms with Gasteiger partial charge in [-0.15, -0.1) is 0 Å². The van der Waals surface area contributed by atoms with Crippen LogP contribution in [-0.2, 0) is 49.7 Å². The van der Waals surface area contributed by atoms with Crippen molar-refractivity contribution in [2.45, 2.75) is 122 Å². The van der Waals surface area contributed by atoms with Gasteiger partial charge in [0.2, 0.25) is 11.6 Å². The zero-order valence-corrected chi connectivity index (χ0v) is 71.2. The number of Topliss-reactive ketones (excluding diaryl/α,β-unsaturated/α-hetero) is 2. The highest BCUT2D eigenvalue weighted by atomic mass is 16.6. The highest BCUT2D eigenvalue weighted by Crippen LogP contribution is 2.47. The molecule has 6 aromatic carbocycles. The van der Waals surface area contributed by atoms with Crippen LogP contribution in [0.3, 0.4) is 0 Å². The van der Waals surface area contributed by atoms with Gasteiger partial charge in [0.1, 0.15) is 155 Å². The molecule has 8 heterocycles. The molecule has 7 atom stereocenters. The SMILES string of the molecule is CC1C=C(O)C=C(O)C1C(=O)c1c(O)cc(O)cc1Cc1cc(O)cc(=O)o1.C[C@@]1(O)CC(=O)c2c(Cc3cc(O)cc(=O)o3)cc(O)cc2O1.Cc1cc(O)c2c(c1-c1cc(O)cc(=O)o1)C(=O)c1cc(O)cc(O)c1C2=O.Cc1cc(O)cc2oc3c(c(=O)c12)[C@@](O)(Cc1cc(O)cc(=O)o1)C[C@@H](O)C3.Cc1cc(O)cc2oc3c(c(=O)c12)[C@](O)(Cc1cc(O)cc(=O)o1)C[C@@H](O)C3. The number of hydrogen-bond acceptors (Lipinski definition) is 39. The van der Waals surface area contributed by atoms with Crippen LogP contribution in [0.4, 0.5) is 0 Å². The second kappa shape index (κ2) is 36.2. The molecular formula is C96H80O39. The van der Waals surface area contributed by atoms with Crippen molar-refractivity contribution in [2.24, 2.45) is 11.8 Å². The van der Waals surface area contributed by atoms with E-state index in [0.29, 0.717) is 22.3 Å². The Labute approximate surface area is 754 Å². The number of aliphatic hydroxyl groups excluding tert-OH is 4. The van der Waals surface area contributed by atoms with E-state index in [9.17, 15) is 155 Å². The fourth-order valence-corrected chi connectivity index (χ4v) is 17.4. The van der Waals surface area contributed by atoms with Crippen LogP contribution >= 0.6 is 0 Å². The van der Waals surface area contributed by atoms with Crippen molar-refractivity contribution >= 4 is 45.1 Å². The van der Waals surface area contributed by atoms with Crippen molar-refractivity contribution in [1.82, 2.24) is 0 Å². The van der Waals surface area contributed by atoms with Crippen LogP contribution in [0.5, 0.6) is 80.5 Å². The molecule has 7 aromatic heterocycles. The molecule has 4 aliphatic carbocycles. The van der Waals surface area contributed by atoms with Crippen molar-refractivity contribution in [3.63, 3.8) is 0 Å². The molecule has 1 aliphatic heterocycles. The standard InChI is InChI=1S/2C20H18O8.C20H12O8.C20H18O8.C16H14O7/c2*1-9-2-10(21)4-14-17(9)19(25)18-15(28-14)5-12(23)7-20(18,26)8-13-3-11(22)6-16(24)27-13;1-7-2-11(23)17-18(15(7)13-5-9(22)6-14(25)28-13)19(26)10-3-8(21)4-12(24)16(10)20(17)27;1-9-2-11(21)6-15(24)18(9)20(27)19-10(3-12(22)7-16(19)25)4-14-5-13(23)8-17(26)28-14;1-16(21)7-12(19)15-8(2-9(17)5-13(15)23-16)3-11-4-10(18)6-14(20)22-11/h2*2-4,6,12,21-23,26H,5,7-8H2,1H3;2-6,21-24H,1H3;2-3,5-9,18,21-25H,4H2,1H3;2,4-6,17-18,21H,3,7H2,1H3/t12-,20+;12-,20-;;;16-/m00..0/s1. The number of aliphatic hydroxyl groups is 7. The summed E-state index contributed by atoms with van der Waals surface area (Å²) in [5.41, 5.74) is -7.82. The van der Waals surface area contributed by atoms with Gasteiger partial charge in [-0.2, -0.15) is 0 Å². The van der Waals surface area contributed by atoms with E-state index in [1.807, 2.05) is 0 Å². The number of rotatable bonds is 11. The van der Waals surface area contributed by atoms with E-state index in [0.717, 1.165) is 60.7 Å². The quantitative estimate of drug-likeness (QED) is 0.0538. The molecule has 0 saturated heterocycles. The number of allylic oxidation sites excluding steroid dienone is 3. The Hall–Kier alpha value is -16.8. The van der Waals surface area contributed by atoms with Gasteiger partial charge in [-0.1, -0.05) is 6.92 Å². The van der Waals surface area contributed by atoms with Crippen LogP contribution in [0.2, 0.25) is 0 Å². The minimum atomic E-state index is -1.87. The van der Waals surface area contributed by atoms with E-state index >= 15 is 0 Å². The summed E-state index contributed by atoms with van der Waals surface area (Å²) in [5.74, 6) is -10.5. The van der Waals surface area contributed by atoms with Crippen molar-refractivity contribution < 1.29 is 157 Å². The predicted molar refractivity (Wildman–Crippen MR) is 465 cm³/mol. The van der Waals surface area contributed by atoms with E-state index in [1.165, 1.54) is 92.7 Å². The van der Waals surface area contributed by atoms with Gasteiger partial charge in [-0.3, -0.25) is 28.8 Å². The number of carbonyl (C=O) groups is 4. The average molecular weight is 1860 g/mol. The molecule has 39 heteroatoms. The van der Waals surface area contributed by atoms with Gasteiger partial charge < -0.3 is 138 Å². The highest BCUT2D eigenvalue weighted by Gasteiger charge is 2.47. The number of carbonyl (C=O) groups excluding carboxylic acids is 4. The Kier molecular flexibility index (Phi) is 25.3. The molecule has 0 fully saturated rings. The molecular weight excluding hydrogens is 1780 g/mol. The van der Waals surface area contributed by atoms with Crippen LogP contribution in [0, 0.1) is 32.6 Å². The van der Waals surface area contributed by atoms with E-state index in [1.54, 1.807) is 20.8 Å². The Morgan fingerprint density at radius 3 is 1.30 bits per heavy atom. The second-order valence-electron chi connectivity index (χ2n) is 33.1. The summed E-state index contributed by atoms with van der Waals surface area (Å²) < 4.78 is 41.9. The summed E-state index contributed by atoms with van der Waals surface area (Å²) in [6.45, 7) is 7.76. The van der Waals surface area contributed by atoms with E-state index in [-0.39, 0.29) is 245 Å². The minimum absolute atomic E-state index is 0.00236.